The molecule has 2 aromatic rings. The Bertz CT molecular complexity index is 636. The van der Waals surface area contributed by atoms with Crippen molar-refractivity contribution in [2.45, 2.75) is 31.7 Å². The molecule has 0 aromatic heterocycles. The minimum absolute atomic E-state index is 0.139. The molecule has 0 saturated carbocycles. The Morgan fingerprint density at radius 1 is 1.14 bits per heavy atom. The number of hydrogen-bond donors (Lipinski definition) is 1. The first kappa shape index (κ1) is 14.3. The summed E-state index contributed by atoms with van der Waals surface area (Å²) in [5.41, 5.74) is 3.89. The number of carbonyl (C=O) groups excluding carboxylic acids is 1. The van der Waals surface area contributed by atoms with E-state index in [2.05, 4.69) is 45.5 Å². The molecular formula is C18H18BrNO. The third-order valence-corrected chi connectivity index (χ3v) is 4.62. The van der Waals surface area contributed by atoms with Gasteiger partial charge in [0.25, 0.3) is 0 Å². The number of carbonyl (C=O) groups is 1. The van der Waals surface area contributed by atoms with Crippen LogP contribution in [0.5, 0.6) is 0 Å². The van der Waals surface area contributed by atoms with Crippen LogP contribution in [-0.4, -0.2) is 5.91 Å². The first-order valence-electron chi connectivity index (χ1n) is 7.31. The van der Waals surface area contributed by atoms with Gasteiger partial charge in [0.15, 0.2) is 0 Å². The molecule has 1 N–H and O–H groups in total. The van der Waals surface area contributed by atoms with Crippen LogP contribution in [0, 0.1) is 0 Å². The minimum Gasteiger partial charge on any atom is -0.352 e. The fraction of sp³-hybridized carbons (Fsp3) is 0.278. The summed E-state index contributed by atoms with van der Waals surface area (Å²) in [6.07, 6.45) is 2.78. The summed E-state index contributed by atoms with van der Waals surface area (Å²) >= 11 is 3.41. The lowest BCUT2D eigenvalue weighted by atomic mass is 9.97. The number of rotatable bonds is 4. The van der Waals surface area contributed by atoms with Crippen LogP contribution in [0.3, 0.4) is 0 Å². The maximum Gasteiger partial charge on any atom is 0.220 e. The van der Waals surface area contributed by atoms with Gasteiger partial charge in [-0.25, -0.2) is 0 Å². The van der Waals surface area contributed by atoms with Crippen molar-refractivity contribution in [2.75, 3.05) is 0 Å². The van der Waals surface area contributed by atoms with E-state index in [0.717, 1.165) is 22.9 Å². The molecule has 1 aliphatic carbocycles. The van der Waals surface area contributed by atoms with Gasteiger partial charge in [-0.1, -0.05) is 52.3 Å². The van der Waals surface area contributed by atoms with Crippen LogP contribution in [0.2, 0.25) is 0 Å². The summed E-state index contributed by atoms with van der Waals surface area (Å²) in [7, 11) is 0. The minimum atomic E-state index is 0.139. The second-order valence-corrected chi connectivity index (χ2v) is 6.46. The van der Waals surface area contributed by atoms with Gasteiger partial charge >= 0.3 is 0 Å². The van der Waals surface area contributed by atoms with Crippen molar-refractivity contribution in [3.8, 4) is 0 Å². The van der Waals surface area contributed by atoms with Crippen molar-refractivity contribution in [3.05, 3.63) is 69.7 Å². The summed E-state index contributed by atoms with van der Waals surface area (Å²) in [6.45, 7) is 0.598. The predicted molar refractivity (Wildman–Crippen MR) is 88.1 cm³/mol. The Morgan fingerprint density at radius 3 is 2.71 bits per heavy atom. The summed E-state index contributed by atoms with van der Waals surface area (Å²) in [5.74, 6) is 0.519. The summed E-state index contributed by atoms with van der Waals surface area (Å²) in [6, 6.07) is 16.5. The van der Waals surface area contributed by atoms with Gasteiger partial charge in [0.1, 0.15) is 0 Å². The molecule has 1 amide bonds. The third kappa shape index (κ3) is 3.53. The molecule has 1 atom stereocenters. The van der Waals surface area contributed by atoms with E-state index in [-0.39, 0.29) is 5.91 Å². The molecule has 0 heterocycles. The number of aryl methyl sites for hydroxylation is 1. The highest BCUT2D eigenvalue weighted by atomic mass is 79.9. The lowest BCUT2D eigenvalue weighted by molar-refractivity contribution is -0.121. The smallest absolute Gasteiger partial charge is 0.220 e. The molecule has 108 valence electrons. The molecule has 3 rings (SSSR count). The average Bonchev–Trinajstić information content (AvgIpc) is 2.90. The second-order valence-electron chi connectivity index (χ2n) is 5.54. The van der Waals surface area contributed by atoms with E-state index in [0.29, 0.717) is 18.9 Å². The molecule has 2 aromatic carbocycles. The van der Waals surface area contributed by atoms with Crippen molar-refractivity contribution in [3.63, 3.8) is 0 Å². The third-order valence-electron chi connectivity index (χ3n) is 4.09. The van der Waals surface area contributed by atoms with E-state index >= 15 is 0 Å². The normalized spacial score (nSPS) is 16.5. The molecule has 0 aliphatic heterocycles. The van der Waals surface area contributed by atoms with E-state index < -0.39 is 0 Å². The van der Waals surface area contributed by atoms with E-state index in [4.69, 9.17) is 0 Å². The predicted octanol–water partition coefficient (Wildman–Crippen LogP) is 4.19. The van der Waals surface area contributed by atoms with E-state index in [9.17, 15) is 4.79 Å². The van der Waals surface area contributed by atoms with Gasteiger partial charge in [0, 0.05) is 17.4 Å². The molecule has 0 saturated heterocycles. The Labute approximate surface area is 133 Å². The monoisotopic (exact) mass is 343 g/mol. The standard InChI is InChI=1S/C18H18BrNO/c19-16-9-5-13(6-10-16)12-20-18(21)11-15-8-7-14-3-1-2-4-17(14)15/h1-6,9-10,15H,7-8,11-12H2,(H,20,21). The average molecular weight is 344 g/mol. The summed E-state index contributed by atoms with van der Waals surface area (Å²) in [5, 5.41) is 3.02. The number of nitrogens with one attached hydrogen (secondary N) is 1. The SMILES string of the molecule is O=C(CC1CCc2ccccc21)NCc1ccc(Br)cc1. The molecule has 2 nitrogen and oxygen atoms in total. The zero-order chi connectivity index (χ0) is 14.7. The molecule has 1 aliphatic rings. The van der Waals surface area contributed by atoms with Crippen LogP contribution in [0.15, 0.2) is 53.0 Å². The molecular weight excluding hydrogens is 326 g/mol. The van der Waals surface area contributed by atoms with Gasteiger partial charge in [0.2, 0.25) is 5.91 Å². The van der Waals surface area contributed by atoms with Crippen LogP contribution in [-0.2, 0) is 17.8 Å². The fourth-order valence-electron chi connectivity index (χ4n) is 2.96. The molecule has 3 heteroatoms. The van der Waals surface area contributed by atoms with E-state index in [1.807, 2.05) is 24.3 Å². The number of fused-ring (bicyclic) bond motifs is 1. The van der Waals surface area contributed by atoms with Gasteiger partial charge in [0.05, 0.1) is 0 Å². The molecule has 0 bridgehead atoms. The first-order valence-corrected chi connectivity index (χ1v) is 8.10. The van der Waals surface area contributed by atoms with Crippen LogP contribution in [0.1, 0.15) is 35.4 Å². The highest BCUT2D eigenvalue weighted by Crippen LogP contribution is 2.35. The van der Waals surface area contributed by atoms with Crippen molar-refractivity contribution in [2.24, 2.45) is 0 Å². The first-order chi connectivity index (χ1) is 10.2. The quantitative estimate of drug-likeness (QED) is 0.886. The van der Waals surface area contributed by atoms with Gasteiger partial charge in [-0.2, -0.15) is 0 Å². The van der Waals surface area contributed by atoms with Crippen molar-refractivity contribution in [1.29, 1.82) is 0 Å². The zero-order valence-corrected chi connectivity index (χ0v) is 13.4. The zero-order valence-electron chi connectivity index (χ0n) is 11.8. The second kappa shape index (κ2) is 6.44. The van der Waals surface area contributed by atoms with E-state index in [1.165, 1.54) is 11.1 Å². The molecule has 1 unspecified atom stereocenters. The van der Waals surface area contributed by atoms with Crippen LogP contribution < -0.4 is 5.32 Å². The number of hydrogen-bond acceptors (Lipinski definition) is 1. The topological polar surface area (TPSA) is 29.1 Å². The summed E-state index contributed by atoms with van der Waals surface area (Å²) in [4.78, 5) is 12.1. The maximum absolute atomic E-state index is 12.1. The number of amides is 1. The van der Waals surface area contributed by atoms with Crippen molar-refractivity contribution >= 4 is 21.8 Å². The molecule has 0 spiro atoms. The number of benzene rings is 2. The Morgan fingerprint density at radius 2 is 1.90 bits per heavy atom. The van der Waals surface area contributed by atoms with Crippen LogP contribution >= 0.6 is 15.9 Å². The van der Waals surface area contributed by atoms with Crippen molar-refractivity contribution < 1.29 is 4.79 Å². The maximum atomic E-state index is 12.1. The van der Waals surface area contributed by atoms with E-state index in [1.54, 1.807) is 0 Å². The van der Waals surface area contributed by atoms with Crippen molar-refractivity contribution in [1.82, 2.24) is 5.32 Å². The van der Waals surface area contributed by atoms with Gasteiger partial charge in [-0.05, 0) is 47.6 Å². The fourth-order valence-corrected chi connectivity index (χ4v) is 3.22. The highest BCUT2D eigenvalue weighted by Gasteiger charge is 2.23. The Kier molecular flexibility index (Phi) is 4.39. The molecule has 21 heavy (non-hydrogen) atoms. The van der Waals surface area contributed by atoms with Crippen LogP contribution in [0.25, 0.3) is 0 Å². The van der Waals surface area contributed by atoms with Gasteiger partial charge in [-0.15, -0.1) is 0 Å². The summed E-state index contributed by atoms with van der Waals surface area (Å²) < 4.78 is 1.06. The van der Waals surface area contributed by atoms with Crippen LogP contribution in [0.4, 0.5) is 0 Å². The van der Waals surface area contributed by atoms with Gasteiger partial charge in [-0.3, -0.25) is 4.79 Å². The van der Waals surface area contributed by atoms with Gasteiger partial charge < -0.3 is 5.32 Å². The lowest BCUT2D eigenvalue weighted by Crippen LogP contribution is -2.24. The Balaban J connectivity index is 1.54. The molecule has 0 fully saturated rings. The largest absolute Gasteiger partial charge is 0.352 e. The number of halogens is 1. The highest BCUT2D eigenvalue weighted by molar-refractivity contribution is 9.10. The molecule has 0 radical (unpaired) electrons. The Hall–Kier alpha value is -1.61. The lowest BCUT2D eigenvalue weighted by Gasteiger charge is -2.12.